The van der Waals surface area contributed by atoms with Crippen LogP contribution in [0.5, 0.6) is 0 Å². The number of rotatable bonds is 6. The second-order valence-electron chi connectivity index (χ2n) is 4.12. The number of aromatic nitrogens is 1. The van der Waals surface area contributed by atoms with Crippen molar-refractivity contribution in [2.24, 2.45) is 0 Å². The van der Waals surface area contributed by atoms with Crippen LogP contribution in [0, 0.1) is 0 Å². The van der Waals surface area contributed by atoms with Crippen LogP contribution in [0.3, 0.4) is 0 Å². The van der Waals surface area contributed by atoms with Gasteiger partial charge in [0.25, 0.3) is 0 Å². The third kappa shape index (κ3) is 3.43. The Hall–Kier alpha value is -1.61. The number of furan rings is 1. The van der Waals surface area contributed by atoms with E-state index in [2.05, 4.69) is 29.4 Å². The van der Waals surface area contributed by atoms with Crippen LogP contribution in [0.15, 0.2) is 47.5 Å². The van der Waals surface area contributed by atoms with Gasteiger partial charge in [-0.25, -0.2) is 0 Å². The van der Waals surface area contributed by atoms with E-state index in [0.29, 0.717) is 6.04 Å². The van der Waals surface area contributed by atoms with Gasteiger partial charge in [-0.15, -0.1) is 0 Å². The van der Waals surface area contributed by atoms with Crippen molar-refractivity contribution in [2.75, 3.05) is 6.54 Å². The van der Waals surface area contributed by atoms with Crippen molar-refractivity contribution in [3.05, 3.63) is 54.2 Å². The van der Waals surface area contributed by atoms with E-state index in [1.54, 1.807) is 6.26 Å². The van der Waals surface area contributed by atoms with Gasteiger partial charge in [-0.05, 0) is 43.1 Å². The minimum absolute atomic E-state index is 0.316. The summed E-state index contributed by atoms with van der Waals surface area (Å²) < 4.78 is 5.16. The molecule has 90 valence electrons. The molecule has 0 aliphatic heterocycles. The van der Waals surface area contributed by atoms with Crippen molar-refractivity contribution in [2.45, 2.75) is 25.8 Å². The van der Waals surface area contributed by atoms with Crippen molar-refractivity contribution >= 4 is 0 Å². The third-order valence-electron chi connectivity index (χ3n) is 2.78. The Labute approximate surface area is 102 Å². The summed E-state index contributed by atoms with van der Waals surface area (Å²) in [6, 6.07) is 6.45. The molecule has 2 aromatic rings. The molecule has 2 aromatic heterocycles. The fraction of sp³-hybridized carbons (Fsp3) is 0.357. The second-order valence-corrected chi connectivity index (χ2v) is 4.12. The summed E-state index contributed by atoms with van der Waals surface area (Å²) in [6.07, 6.45) is 9.30. The molecule has 0 aliphatic rings. The van der Waals surface area contributed by atoms with Gasteiger partial charge in [0.15, 0.2) is 0 Å². The normalized spacial score (nSPS) is 12.5. The van der Waals surface area contributed by atoms with Crippen LogP contribution in [-0.2, 0) is 6.42 Å². The molecule has 0 radical (unpaired) electrons. The van der Waals surface area contributed by atoms with Crippen LogP contribution in [0.2, 0.25) is 0 Å². The van der Waals surface area contributed by atoms with E-state index in [1.165, 1.54) is 11.1 Å². The monoisotopic (exact) mass is 230 g/mol. The summed E-state index contributed by atoms with van der Waals surface area (Å²) in [5, 5.41) is 3.54. The zero-order valence-corrected chi connectivity index (χ0v) is 10.1. The highest BCUT2D eigenvalue weighted by Gasteiger charge is 2.12. The Bertz CT molecular complexity index is 411. The molecule has 17 heavy (non-hydrogen) atoms. The van der Waals surface area contributed by atoms with E-state index in [4.69, 9.17) is 4.42 Å². The predicted molar refractivity (Wildman–Crippen MR) is 67.7 cm³/mol. The molecule has 0 saturated heterocycles. The summed E-state index contributed by atoms with van der Waals surface area (Å²) in [7, 11) is 0. The van der Waals surface area contributed by atoms with Gasteiger partial charge >= 0.3 is 0 Å². The molecule has 3 heteroatoms. The Kier molecular flexibility index (Phi) is 4.33. The van der Waals surface area contributed by atoms with Crippen molar-refractivity contribution in [1.29, 1.82) is 0 Å². The lowest BCUT2D eigenvalue weighted by Gasteiger charge is -2.16. The lowest BCUT2D eigenvalue weighted by Crippen LogP contribution is -2.23. The van der Waals surface area contributed by atoms with E-state index >= 15 is 0 Å². The summed E-state index contributed by atoms with van der Waals surface area (Å²) in [6.45, 7) is 3.19. The standard InChI is InChI=1S/C14H18N2O/c1-2-6-16-14(13-5-9-17-11-13)10-12-3-7-15-8-4-12/h3-5,7-9,11,14,16H,2,6,10H2,1H3. The molecular weight excluding hydrogens is 212 g/mol. The number of hydrogen-bond acceptors (Lipinski definition) is 3. The van der Waals surface area contributed by atoms with Crippen LogP contribution in [0.1, 0.15) is 30.5 Å². The first kappa shape index (κ1) is 11.9. The van der Waals surface area contributed by atoms with E-state index in [9.17, 15) is 0 Å². The molecule has 0 fully saturated rings. The van der Waals surface area contributed by atoms with E-state index < -0.39 is 0 Å². The molecule has 0 aromatic carbocycles. The average molecular weight is 230 g/mol. The van der Waals surface area contributed by atoms with Gasteiger partial charge in [-0.1, -0.05) is 6.92 Å². The smallest absolute Gasteiger partial charge is 0.0950 e. The number of hydrogen-bond donors (Lipinski definition) is 1. The van der Waals surface area contributed by atoms with Crippen molar-refractivity contribution in [1.82, 2.24) is 10.3 Å². The Morgan fingerprint density at radius 3 is 2.76 bits per heavy atom. The molecule has 1 N–H and O–H groups in total. The highest BCUT2D eigenvalue weighted by molar-refractivity contribution is 5.18. The number of nitrogens with one attached hydrogen (secondary N) is 1. The Balaban J connectivity index is 2.06. The molecule has 0 amide bonds. The average Bonchev–Trinajstić information content (AvgIpc) is 2.89. The molecule has 1 unspecified atom stereocenters. The maximum absolute atomic E-state index is 5.16. The molecule has 0 saturated carbocycles. The van der Waals surface area contributed by atoms with E-state index in [1.807, 2.05) is 24.7 Å². The topological polar surface area (TPSA) is 38.1 Å². The Morgan fingerprint density at radius 2 is 2.12 bits per heavy atom. The third-order valence-corrected chi connectivity index (χ3v) is 2.78. The highest BCUT2D eigenvalue weighted by atomic mass is 16.3. The van der Waals surface area contributed by atoms with E-state index in [-0.39, 0.29) is 0 Å². The van der Waals surface area contributed by atoms with Gasteiger partial charge in [0.05, 0.1) is 12.5 Å². The fourth-order valence-corrected chi connectivity index (χ4v) is 1.85. The summed E-state index contributed by atoms with van der Waals surface area (Å²) >= 11 is 0. The van der Waals surface area contributed by atoms with Crippen LogP contribution >= 0.6 is 0 Å². The molecule has 2 rings (SSSR count). The lowest BCUT2D eigenvalue weighted by molar-refractivity contribution is 0.512. The first-order valence-electron chi connectivity index (χ1n) is 6.04. The first-order chi connectivity index (χ1) is 8.40. The quantitative estimate of drug-likeness (QED) is 0.829. The fourth-order valence-electron chi connectivity index (χ4n) is 1.85. The Morgan fingerprint density at radius 1 is 1.29 bits per heavy atom. The van der Waals surface area contributed by atoms with Gasteiger partial charge in [0.1, 0.15) is 0 Å². The van der Waals surface area contributed by atoms with Gasteiger partial charge in [0.2, 0.25) is 0 Å². The number of nitrogens with zero attached hydrogens (tertiary/aromatic N) is 1. The minimum atomic E-state index is 0.316. The van der Waals surface area contributed by atoms with Gasteiger partial charge in [-0.2, -0.15) is 0 Å². The zero-order chi connectivity index (χ0) is 11.9. The van der Waals surface area contributed by atoms with Crippen LogP contribution in [0.25, 0.3) is 0 Å². The summed E-state index contributed by atoms with van der Waals surface area (Å²) in [5.41, 5.74) is 2.49. The second kappa shape index (κ2) is 6.21. The van der Waals surface area contributed by atoms with E-state index in [0.717, 1.165) is 19.4 Å². The predicted octanol–water partition coefficient (Wildman–Crippen LogP) is 2.96. The van der Waals surface area contributed by atoms with Crippen molar-refractivity contribution < 1.29 is 4.42 Å². The molecule has 2 heterocycles. The highest BCUT2D eigenvalue weighted by Crippen LogP contribution is 2.18. The molecule has 0 spiro atoms. The molecule has 0 aliphatic carbocycles. The maximum atomic E-state index is 5.16. The SMILES string of the molecule is CCCNC(Cc1ccncc1)c1ccoc1. The zero-order valence-electron chi connectivity index (χ0n) is 10.1. The largest absolute Gasteiger partial charge is 0.472 e. The molecule has 1 atom stereocenters. The molecule has 3 nitrogen and oxygen atoms in total. The van der Waals surface area contributed by atoms with Crippen LogP contribution in [-0.4, -0.2) is 11.5 Å². The molecular formula is C14H18N2O. The van der Waals surface area contributed by atoms with Crippen LogP contribution in [0.4, 0.5) is 0 Å². The van der Waals surface area contributed by atoms with Crippen molar-refractivity contribution in [3.63, 3.8) is 0 Å². The van der Waals surface area contributed by atoms with Gasteiger partial charge in [0, 0.05) is 24.0 Å². The van der Waals surface area contributed by atoms with Crippen molar-refractivity contribution in [3.8, 4) is 0 Å². The minimum Gasteiger partial charge on any atom is -0.472 e. The van der Waals surface area contributed by atoms with Crippen LogP contribution < -0.4 is 5.32 Å². The lowest BCUT2D eigenvalue weighted by atomic mass is 10.0. The van der Waals surface area contributed by atoms with Gasteiger partial charge in [-0.3, -0.25) is 4.98 Å². The summed E-state index contributed by atoms with van der Waals surface area (Å²) in [5.74, 6) is 0. The van der Waals surface area contributed by atoms with Gasteiger partial charge < -0.3 is 9.73 Å². The molecule has 0 bridgehead atoms. The summed E-state index contributed by atoms with van der Waals surface area (Å²) in [4.78, 5) is 4.04. The maximum Gasteiger partial charge on any atom is 0.0950 e. The number of pyridine rings is 1. The first-order valence-corrected chi connectivity index (χ1v) is 6.04.